The lowest BCUT2D eigenvalue weighted by Crippen LogP contribution is -2.35. The summed E-state index contributed by atoms with van der Waals surface area (Å²) in [6.45, 7) is 0.589. The Hall–Kier alpha value is -3.28. The second-order valence-electron chi connectivity index (χ2n) is 7.11. The van der Waals surface area contributed by atoms with Crippen LogP contribution >= 0.6 is 22.9 Å². The summed E-state index contributed by atoms with van der Waals surface area (Å²) >= 11 is 7.67. The van der Waals surface area contributed by atoms with Crippen molar-refractivity contribution >= 4 is 56.3 Å². The van der Waals surface area contributed by atoms with Gasteiger partial charge in [-0.1, -0.05) is 35.1 Å². The van der Waals surface area contributed by atoms with Crippen LogP contribution in [0, 0.1) is 5.82 Å². The fourth-order valence-corrected chi connectivity index (χ4v) is 4.74. The molecule has 0 atom stereocenters. The standard InChI is InChI=1S/C25H16ClFNO2S/c26-18-8-11-22-20(13-18)25(29)17(15-30-22)7-12-24-28(14-16-5-9-19(27)10-6-16)21-3-1-2-4-23(21)31-24/h1-13,15H,14H2/q+1. The average molecular weight is 449 g/mol. The van der Waals surface area contributed by atoms with Gasteiger partial charge in [-0.3, -0.25) is 4.79 Å². The molecule has 0 aliphatic carbocycles. The van der Waals surface area contributed by atoms with Gasteiger partial charge >= 0.3 is 0 Å². The quantitative estimate of drug-likeness (QED) is 0.302. The van der Waals surface area contributed by atoms with Crippen LogP contribution in [0.15, 0.2) is 82.2 Å². The summed E-state index contributed by atoms with van der Waals surface area (Å²) in [4.78, 5) is 12.9. The summed E-state index contributed by atoms with van der Waals surface area (Å²) in [5.41, 5.74) is 2.88. The van der Waals surface area contributed by atoms with E-state index in [9.17, 15) is 9.18 Å². The molecule has 0 bridgehead atoms. The van der Waals surface area contributed by atoms with E-state index >= 15 is 0 Å². The van der Waals surface area contributed by atoms with Gasteiger partial charge in [-0.2, -0.15) is 4.57 Å². The first-order chi connectivity index (χ1) is 15.1. The summed E-state index contributed by atoms with van der Waals surface area (Å²) < 4.78 is 22.2. The normalized spacial score (nSPS) is 11.7. The van der Waals surface area contributed by atoms with Crippen LogP contribution in [0.4, 0.5) is 4.39 Å². The van der Waals surface area contributed by atoms with E-state index in [0.717, 1.165) is 20.8 Å². The maximum atomic E-state index is 13.3. The monoisotopic (exact) mass is 448 g/mol. The Labute approximate surface area is 186 Å². The van der Waals surface area contributed by atoms with Crippen molar-refractivity contribution < 1.29 is 13.4 Å². The van der Waals surface area contributed by atoms with Crippen molar-refractivity contribution in [2.24, 2.45) is 0 Å². The number of benzene rings is 3. The topological polar surface area (TPSA) is 34.1 Å². The fourth-order valence-electron chi connectivity index (χ4n) is 3.51. The molecule has 5 rings (SSSR count). The van der Waals surface area contributed by atoms with Gasteiger partial charge in [0.05, 0.1) is 10.9 Å². The summed E-state index contributed by atoms with van der Waals surface area (Å²) in [5, 5.41) is 1.91. The lowest BCUT2D eigenvalue weighted by atomic mass is 10.1. The minimum Gasteiger partial charge on any atom is -0.463 e. The molecular weight excluding hydrogens is 433 g/mol. The van der Waals surface area contributed by atoms with Gasteiger partial charge in [0.15, 0.2) is 12.0 Å². The van der Waals surface area contributed by atoms with Gasteiger partial charge in [0.1, 0.15) is 22.4 Å². The highest BCUT2D eigenvalue weighted by molar-refractivity contribution is 7.18. The van der Waals surface area contributed by atoms with E-state index in [1.807, 2.05) is 18.2 Å². The van der Waals surface area contributed by atoms with E-state index in [1.54, 1.807) is 47.7 Å². The summed E-state index contributed by atoms with van der Waals surface area (Å²) in [7, 11) is 0. The molecule has 0 fully saturated rings. The molecular formula is C25H16ClFNO2S+. The minimum absolute atomic E-state index is 0.133. The van der Waals surface area contributed by atoms with Gasteiger partial charge in [-0.25, -0.2) is 4.39 Å². The van der Waals surface area contributed by atoms with Gasteiger partial charge in [0.25, 0.3) is 5.01 Å². The van der Waals surface area contributed by atoms with Crippen molar-refractivity contribution in [2.75, 3.05) is 0 Å². The van der Waals surface area contributed by atoms with Crippen molar-refractivity contribution in [1.82, 2.24) is 0 Å². The van der Waals surface area contributed by atoms with E-state index in [1.165, 1.54) is 18.4 Å². The van der Waals surface area contributed by atoms with E-state index < -0.39 is 0 Å². The molecule has 3 nitrogen and oxygen atoms in total. The number of halogens is 2. The van der Waals surface area contributed by atoms with E-state index in [-0.39, 0.29) is 11.2 Å². The SMILES string of the molecule is O=c1c(C=Cc2sc3ccccc3[n+]2Cc2ccc(F)cc2)coc2ccc(Cl)cc12. The van der Waals surface area contributed by atoms with Crippen molar-refractivity contribution in [1.29, 1.82) is 0 Å². The Kier molecular flexibility index (Phi) is 5.14. The molecule has 0 saturated heterocycles. The lowest BCUT2D eigenvalue weighted by molar-refractivity contribution is -0.659. The highest BCUT2D eigenvalue weighted by atomic mass is 35.5. The van der Waals surface area contributed by atoms with Crippen LogP contribution in [-0.2, 0) is 6.54 Å². The zero-order valence-electron chi connectivity index (χ0n) is 16.2. The predicted molar refractivity (Wildman–Crippen MR) is 124 cm³/mol. The Morgan fingerprint density at radius 3 is 2.68 bits per heavy atom. The van der Waals surface area contributed by atoms with Crippen molar-refractivity contribution in [3.63, 3.8) is 0 Å². The largest absolute Gasteiger partial charge is 0.463 e. The van der Waals surface area contributed by atoms with Crippen LogP contribution < -0.4 is 10.00 Å². The number of thiazole rings is 1. The van der Waals surface area contributed by atoms with E-state index in [0.29, 0.717) is 28.1 Å². The second-order valence-corrected chi connectivity index (χ2v) is 8.61. The smallest absolute Gasteiger partial charge is 0.263 e. The Bertz CT molecular complexity index is 1500. The first-order valence-electron chi connectivity index (χ1n) is 9.63. The van der Waals surface area contributed by atoms with Gasteiger partial charge in [0, 0.05) is 22.7 Å². The predicted octanol–water partition coefficient (Wildman–Crippen LogP) is 6.31. The Morgan fingerprint density at radius 1 is 1.03 bits per heavy atom. The molecule has 2 heterocycles. The summed E-state index contributed by atoms with van der Waals surface area (Å²) in [5.74, 6) is -0.257. The zero-order valence-corrected chi connectivity index (χ0v) is 17.8. The number of hydrogen-bond acceptors (Lipinski definition) is 3. The van der Waals surface area contributed by atoms with Crippen molar-refractivity contribution in [3.8, 4) is 0 Å². The van der Waals surface area contributed by atoms with Crippen LogP contribution in [0.3, 0.4) is 0 Å². The third-order valence-corrected chi connectivity index (χ3v) is 6.42. The van der Waals surface area contributed by atoms with Crippen LogP contribution in [0.25, 0.3) is 33.3 Å². The van der Waals surface area contributed by atoms with Gasteiger partial charge in [-0.05, 0) is 54.6 Å². The number of hydrogen-bond donors (Lipinski definition) is 0. The van der Waals surface area contributed by atoms with Crippen molar-refractivity contribution in [3.05, 3.63) is 110 Å². The van der Waals surface area contributed by atoms with Crippen LogP contribution in [0.5, 0.6) is 0 Å². The van der Waals surface area contributed by atoms with Crippen LogP contribution in [-0.4, -0.2) is 0 Å². The van der Waals surface area contributed by atoms with Gasteiger partial charge in [-0.15, -0.1) is 0 Å². The second kappa shape index (κ2) is 8.10. The summed E-state index contributed by atoms with van der Waals surface area (Å²) in [6, 6.07) is 19.6. The van der Waals surface area contributed by atoms with Crippen LogP contribution in [0.2, 0.25) is 5.02 Å². The molecule has 3 aromatic carbocycles. The highest BCUT2D eigenvalue weighted by Crippen LogP contribution is 2.23. The molecule has 0 N–H and O–H groups in total. The molecule has 0 saturated carbocycles. The number of nitrogens with zero attached hydrogens (tertiary/aromatic N) is 1. The first-order valence-corrected chi connectivity index (χ1v) is 10.8. The van der Waals surface area contributed by atoms with E-state index in [4.69, 9.17) is 16.0 Å². The molecule has 31 heavy (non-hydrogen) atoms. The summed E-state index contributed by atoms with van der Waals surface area (Å²) in [6.07, 6.45) is 5.14. The molecule has 6 heteroatoms. The van der Waals surface area contributed by atoms with Crippen LogP contribution in [0.1, 0.15) is 16.1 Å². The molecule has 0 spiro atoms. The van der Waals surface area contributed by atoms with E-state index in [2.05, 4.69) is 16.7 Å². The highest BCUT2D eigenvalue weighted by Gasteiger charge is 2.19. The molecule has 0 amide bonds. The van der Waals surface area contributed by atoms with Gasteiger partial charge < -0.3 is 4.42 Å². The lowest BCUT2D eigenvalue weighted by Gasteiger charge is -2.00. The number of rotatable bonds is 4. The minimum atomic E-state index is -0.257. The molecule has 0 aliphatic heterocycles. The Morgan fingerprint density at radius 2 is 1.84 bits per heavy atom. The molecule has 0 radical (unpaired) electrons. The average Bonchev–Trinajstić information content (AvgIpc) is 3.12. The zero-order chi connectivity index (χ0) is 21.4. The molecule has 5 aromatic rings. The number of para-hydroxylation sites is 1. The third kappa shape index (κ3) is 3.90. The Balaban J connectivity index is 1.58. The third-order valence-electron chi connectivity index (χ3n) is 5.06. The molecule has 2 aromatic heterocycles. The van der Waals surface area contributed by atoms with Gasteiger partial charge in [0.2, 0.25) is 5.52 Å². The number of aromatic nitrogens is 1. The first kappa shape index (κ1) is 19.7. The maximum absolute atomic E-state index is 13.3. The molecule has 0 aliphatic rings. The molecule has 152 valence electrons. The number of fused-ring (bicyclic) bond motifs is 2. The fraction of sp³-hybridized carbons (Fsp3) is 0.0400. The maximum Gasteiger partial charge on any atom is 0.263 e. The molecule has 0 unspecified atom stereocenters. The van der Waals surface area contributed by atoms with Crippen molar-refractivity contribution in [2.45, 2.75) is 6.54 Å².